The van der Waals surface area contributed by atoms with Crippen LogP contribution in [0.3, 0.4) is 0 Å². The number of nitrogens with zero attached hydrogens (tertiary/aromatic N) is 1. The van der Waals surface area contributed by atoms with E-state index in [1.165, 1.54) is 38.5 Å². The van der Waals surface area contributed by atoms with Crippen molar-refractivity contribution in [2.75, 3.05) is 13.7 Å². The molecule has 0 bridgehead atoms. The largest absolute Gasteiger partial charge is 0.352 e. The van der Waals surface area contributed by atoms with Crippen LogP contribution in [-0.2, 0) is 4.79 Å². The zero-order valence-corrected chi connectivity index (χ0v) is 17.4. The predicted octanol–water partition coefficient (Wildman–Crippen LogP) is 0.697. The summed E-state index contributed by atoms with van der Waals surface area (Å²) in [6.45, 7) is 3.14. The van der Waals surface area contributed by atoms with E-state index in [0.29, 0.717) is 24.4 Å². The van der Waals surface area contributed by atoms with Crippen LogP contribution < -0.4 is 26.8 Å². The molecule has 5 rings (SSSR count). The smallest absolute Gasteiger partial charge is 0.237 e. The molecule has 0 radical (unpaired) electrons. The van der Waals surface area contributed by atoms with Crippen LogP contribution in [0.25, 0.3) is 0 Å². The minimum absolute atomic E-state index is 0.0293. The first kappa shape index (κ1) is 19.2. The summed E-state index contributed by atoms with van der Waals surface area (Å²) in [5.41, 5.74) is 6.70. The number of nitrogens with one attached hydrogen (secondary N) is 5. The summed E-state index contributed by atoms with van der Waals surface area (Å²) >= 11 is 0. The topological polar surface area (TPSA) is 80.5 Å². The SMILES string of the molecule is CC1CC(C(=O)NC2CCCC([C@H]3C[C@H]3C3NNCN3C)C2)NC(C2CC2)N1. The molecule has 0 aromatic rings. The molecule has 2 aliphatic heterocycles. The molecule has 1 amide bonds. The van der Waals surface area contributed by atoms with Crippen molar-refractivity contribution in [2.45, 2.75) is 88.7 Å². The van der Waals surface area contributed by atoms with E-state index in [0.717, 1.165) is 43.2 Å². The molecule has 0 aromatic heterocycles. The van der Waals surface area contributed by atoms with E-state index in [2.05, 4.69) is 45.7 Å². The summed E-state index contributed by atoms with van der Waals surface area (Å²) in [7, 11) is 2.19. The highest BCUT2D eigenvalue weighted by Gasteiger charge is 2.50. The van der Waals surface area contributed by atoms with Gasteiger partial charge in [0.25, 0.3) is 0 Å². The fourth-order valence-corrected chi connectivity index (χ4v) is 6.05. The molecule has 2 saturated heterocycles. The van der Waals surface area contributed by atoms with Crippen LogP contribution in [0.4, 0.5) is 0 Å². The number of amides is 1. The number of hydrazine groups is 1. The van der Waals surface area contributed by atoms with Crippen molar-refractivity contribution in [1.82, 2.24) is 31.7 Å². The lowest BCUT2D eigenvalue weighted by Gasteiger charge is -2.37. The van der Waals surface area contributed by atoms with Crippen LogP contribution in [0.1, 0.15) is 58.3 Å². The number of hydrogen-bond donors (Lipinski definition) is 5. The fraction of sp³-hybridized carbons (Fsp3) is 0.952. The molecule has 8 atom stereocenters. The molecule has 7 heteroatoms. The molecular formula is C21H38N6O. The first-order valence-electron chi connectivity index (χ1n) is 11.6. The highest BCUT2D eigenvalue weighted by Crippen LogP contribution is 2.51. The lowest BCUT2D eigenvalue weighted by Crippen LogP contribution is -2.63. The second-order valence-electron chi connectivity index (χ2n) is 10.2. The van der Waals surface area contributed by atoms with Crippen molar-refractivity contribution < 1.29 is 4.79 Å². The first-order valence-corrected chi connectivity index (χ1v) is 11.6. The van der Waals surface area contributed by atoms with E-state index in [4.69, 9.17) is 0 Å². The number of carbonyl (C=O) groups excluding carboxylic acids is 1. The van der Waals surface area contributed by atoms with Crippen molar-refractivity contribution in [1.29, 1.82) is 0 Å². The number of carbonyl (C=O) groups is 1. The molecule has 5 N–H and O–H groups in total. The van der Waals surface area contributed by atoms with Gasteiger partial charge in [0.05, 0.1) is 25.0 Å². The van der Waals surface area contributed by atoms with Gasteiger partial charge in [-0.2, -0.15) is 0 Å². The molecule has 28 heavy (non-hydrogen) atoms. The van der Waals surface area contributed by atoms with Gasteiger partial charge < -0.3 is 5.32 Å². The van der Waals surface area contributed by atoms with Crippen LogP contribution in [0.5, 0.6) is 0 Å². The van der Waals surface area contributed by atoms with Crippen LogP contribution >= 0.6 is 0 Å². The molecular weight excluding hydrogens is 352 g/mol. The van der Waals surface area contributed by atoms with Crippen LogP contribution in [0.15, 0.2) is 0 Å². The van der Waals surface area contributed by atoms with Gasteiger partial charge in [-0.25, -0.2) is 10.9 Å². The van der Waals surface area contributed by atoms with Gasteiger partial charge in [0.1, 0.15) is 0 Å². The van der Waals surface area contributed by atoms with Gasteiger partial charge in [0.15, 0.2) is 0 Å². The number of rotatable bonds is 5. The summed E-state index contributed by atoms with van der Waals surface area (Å²) in [5.74, 6) is 3.33. The van der Waals surface area contributed by atoms with Crippen LogP contribution in [-0.4, -0.2) is 55.0 Å². The third-order valence-corrected chi connectivity index (χ3v) is 7.86. The van der Waals surface area contributed by atoms with E-state index < -0.39 is 0 Å². The molecule has 5 aliphatic rings. The molecule has 0 spiro atoms. The third kappa shape index (κ3) is 4.10. The van der Waals surface area contributed by atoms with Crippen molar-refractivity contribution in [3.05, 3.63) is 0 Å². The molecule has 5 fully saturated rings. The molecule has 7 nitrogen and oxygen atoms in total. The Bertz CT molecular complexity index is 583. The Balaban J connectivity index is 1.12. The maximum absolute atomic E-state index is 13.0. The number of hydrogen-bond acceptors (Lipinski definition) is 6. The highest BCUT2D eigenvalue weighted by molar-refractivity contribution is 5.82. The van der Waals surface area contributed by atoms with Gasteiger partial charge in [-0.05, 0) is 76.2 Å². The van der Waals surface area contributed by atoms with Gasteiger partial charge in [0, 0.05) is 12.1 Å². The normalized spacial score (nSPS) is 47.1. The van der Waals surface area contributed by atoms with Crippen molar-refractivity contribution >= 4 is 5.91 Å². The summed E-state index contributed by atoms with van der Waals surface area (Å²) in [4.78, 5) is 15.4. The fourth-order valence-electron chi connectivity index (χ4n) is 6.05. The van der Waals surface area contributed by atoms with Crippen LogP contribution in [0.2, 0.25) is 0 Å². The van der Waals surface area contributed by atoms with E-state index in [1.54, 1.807) is 0 Å². The first-order chi connectivity index (χ1) is 13.6. The second-order valence-corrected chi connectivity index (χ2v) is 10.2. The zero-order chi connectivity index (χ0) is 19.3. The van der Waals surface area contributed by atoms with Gasteiger partial charge in [-0.3, -0.25) is 20.3 Å². The highest BCUT2D eigenvalue weighted by atomic mass is 16.2. The monoisotopic (exact) mass is 390 g/mol. The second kappa shape index (κ2) is 7.84. The summed E-state index contributed by atoms with van der Waals surface area (Å²) in [6.07, 6.45) is 10.5. The van der Waals surface area contributed by atoms with E-state index in [9.17, 15) is 4.79 Å². The average Bonchev–Trinajstić information content (AvgIpc) is 3.60. The molecule has 3 aliphatic carbocycles. The van der Waals surface area contributed by atoms with Gasteiger partial charge in [-0.1, -0.05) is 12.8 Å². The van der Waals surface area contributed by atoms with Gasteiger partial charge in [0.2, 0.25) is 5.91 Å². The quantitative estimate of drug-likeness (QED) is 0.476. The predicted molar refractivity (Wildman–Crippen MR) is 109 cm³/mol. The lowest BCUT2D eigenvalue weighted by atomic mass is 9.81. The molecule has 3 saturated carbocycles. The minimum atomic E-state index is -0.0293. The van der Waals surface area contributed by atoms with Crippen molar-refractivity contribution in [2.24, 2.45) is 23.7 Å². The summed E-state index contributed by atoms with van der Waals surface area (Å²) in [6, 6.07) is 0.753. The standard InChI is InChI=1S/C21H38N6O/c1-12-8-18(25-19(23-12)13-6-7-13)21(28)24-15-5-3-4-14(9-15)16-10-17(16)20-26-22-11-27(20)2/h12-20,22-23,25-26H,3-11H2,1-2H3,(H,24,28)/t12?,14?,15?,16-,17-,18?,19?,20?/m1/s1. The average molecular weight is 391 g/mol. The van der Waals surface area contributed by atoms with Crippen LogP contribution in [0, 0.1) is 23.7 Å². The Kier molecular flexibility index (Phi) is 5.39. The van der Waals surface area contributed by atoms with Gasteiger partial charge >= 0.3 is 0 Å². The molecule has 158 valence electrons. The zero-order valence-electron chi connectivity index (χ0n) is 17.4. The molecule has 6 unspecified atom stereocenters. The summed E-state index contributed by atoms with van der Waals surface area (Å²) < 4.78 is 0. The molecule has 2 heterocycles. The van der Waals surface area contributed by atoms with Gasteiger partial charge in [-0.15, -0.1) is 0 Å². The van der Waals surface area contributed by atoms with Crippen molar-refractivity contribution in [3.8, 4) is 0 Å². The maximum atomic E-state index is 13.0. The Morgan fingerprint density at radius 2 is 1.86 bits per heavy atom. The Morgan fingerprint density at radius 1 is 1.00 bits per heavy atom. The van der Waals surface area contributed by atoms with E-state index >= 15 is 0 Å². The van der Waals surface area contributed by atoms with E-state index in [1.807, 2.05) is 0 Å². The van der Waals surface area contributed by atoms with E-state index in [-0.39, 0.29) is 11.9 Å². The Morgan fingerprint density at radius 3 is 2.61 bits per heavy atom. The lowest BCUT2D eigenvalue weighted by molar-refractivity contribution is -0.125. The maximum Gasteiger partial charge on any atom is 0.237 e. The minimum Gasteiger partial charge on any atom is -0.352 e. The van der Waals surface area contributed by atoms with Crippen molar-refractivity contribution in [3.63, 3.8) is 0 Å². The Hall–Kier alpha value is -0.730. The molecule has 0 aromatic carbocycles. The third-order valence-electron chi connectivity index (χ3n) is 7.86. The summed E-state index contributed by atoms with van der Waals surface area (Å²) in [5, 5.41) is 10.6. The Labute approximate surface area is 169 Å².